The third-order valence-electron chi connectivity index (χ3n) is 6.18. The van der Waals surface area contributed by atoms with Gasteiger partial charge in [0.05, 0.1) is 18.5 Å². The van der Waals surface area contributed by atoms with Gasteiger partial charge in [-0.15, -0.1) is 0 Å². The smallest absolute Gasteiger partial charge is 0.342 e. The van der Waals surface area contributed by atoms with E-state index in [9.17, 15) is 14.7 Å². The fraction of sp³-hybridized carbons (Fsp3) is 0.346. The number of hydrogen-bond donors (Lipinski definition) is 3. The van der Waals surface area contributed by atoms with Crippen LogP contribution in [0.5, 0.6) is 11.5 Å². The minimum Gasteiger partial charge on any atom is -0.507 e. The highest BCUT2D eigenvalue weighted by atomic mass is 16.5. The molecule has 0 aliphatic heterocycles. The normalized spacial score (nSPS) is 13.6. The van der Waals surface area contributed by atoms with Crippen molar-refractivity contribution in [2.45, 2.75) is 51.5 Å². The summed E-state index contributed by atoms with van der Waals surface area (Å²) in [5.74, 6) is 0.872. The van der Waals surface area contributed by atoms with Gasteiger partial charge in [-0.1, -0.05) is 31.9 Å². The van der Waals surface area contributed by atoms with E-state index >= 15 is 0 Å². The fourth-order valence-electron chi connectivity index (χ4n) is 4.27. The molecule has 1 aromatic heterocycles. The number of nitrogens with one attached hydrogen (secondary N) is 2. The summed E-state index contributed by atoms with van der Waals surface area (Å²) in [6.07, 6.45) is 4.60. The molecule has 4 rings (SSSR count). The van der Waals surface area contributed by atoms with E-state index in [-0.39, 0.29) is 23.6 Å². The molecule has 0 spiro atoms. The molecule has 34 heavy (non-hydrogen) atoms. The van der Waals surface area contributed by atoms with E-state index in [1.807, 2.05) is 30.3 Å². The first-order chi connectivity index (χ1) is 16.5. The number of carbonyl (C=O) groups is 2. The predicted molar refractivity (Wildman–Crippen MR) is 130 cm³/mol. The Hall–Kier alpha value is -3.81. The number of phenolic OH excluding ortho intramolecular Hbond substituents is 1. The van der Waals surface area contributed by atoms with E-state index in [0.29, 0.717) is 29.9 Å². The maximum absolute atomic E-state index is 13.1. The Bertz CT molecular complexity index is 1160. The van der Waals surface area contributed by atoms with Gasteiger partial charge < -0.3 is 20.5 Å². The Balaban J connectivity index is 1.58. The van der Waals surface area contributed by atoms with Crippen molar-refractivity contribution < 1.29 is 19.4 Å². The highest BCUT2D eigenvalue weighted by Gasteiger charge is 2.26. The monoisotopic (exact) mass is 462 g/mol. The van der Waals surface area contributed by atoms with Gasteiger partial charge in [0.15, 0.2) is 0 Å². The van der Waals surface area contributed by atoms with Crippen molar-refractivity contribution in [1.82, 2.24) is 15.1 Å². The molecule has 3 N–H and O–H groups in total. The van der Waals surface area contributed by atoms with Gasteiger partial charge >= 0.3 is 6.03 Å². The average Bonchev–Trinajstić information content (AvgIpc) is 3.53. The SMILES string of the molecule is CCC(=O)Nc1ccc(-c2cc(C3CCCC3)n(C(=O)NCc3ccc(OC)cc3)n2)c(O)c1. The molecule has 0 radical (unpaired) electrons. The van der Waals surface area contributed by atoms with Crippen LogP contribution in [-0.4, -0.2) is 33.9 Å². The number of nitrogens with zero attached hydrogens (tertiary/aromatic N) is 2. The highest BCUT2D eigenvalue weighted by molar-refractivity contribution is 5.91. The molecule has 1 fully saturated rings. The van der Waals surface area contributed by atoms with Gasteiger partial charge in [0.25, 0.3) is 0 Å². The second kappa shape index (κ2) is 10.4. The fourth-order valence-corrected chi connectivity index (χ4v) is 4.27. The van der Waals surface area contributed by atoms with Gasteiger partial charge in [-0.05, 0) is 48.7 Å². The largest absolute Gasteiger partial charge is 0.507 e. The quantitative estimate of drug-likeness (QED) is 0.457. The number of rotatable bonds is 7. The second-order valence-corrected chi connectivity index (χ2v) is 8.49. The number of anilines is 1. The molecule has 0 bridgehead atoms. The summed E-state index contributed by atoms with van der Waals surface area (Å²) in [4.78, 5) is 24.8. The van der Waals surface area contributed by atoms with Crippen LogP contribution in [0.4, 0.5) is 10.5 Å². The molecule has 3 aromatic rings. The lowest BCUT2D eigenvalue weighted by molar-refractivity contribution is -0.115. The number of benzene rings is 2. The first-order valence-electron chi connectivity index (χ1n) is 11.6. The van der Waals surface area contributed by atoms with Gasteiger partial charge in [0.2, 0.25) is 5.91 Å². The molecule has 178 valence electrons. The van der Waals surface area contributed by atoms with Gasteiger partial charge in [-0.3, -0.25) is 4.79 Å². The molecule has 2 amide bonds. The summed E-state index contributed by atoms with van der Waals surface area (Å²) < 4.78 is 6.61. The highest BCUT2D eigenvalue weighted by Crippen LogP contribution is 2.38. The molecule has 1 aliphatic rings. The zero-order valence-electron chi connectivity index (χ0n) is 19.5. The number of amides is 2. The predicted octanol–water partition coefficient (Wildman–Crippen LogP) is 5.03. The van der Waals surface area contributed by atoms with Gasteiger partial charge in [0, 0.05) is 36.2 Å². The van der Waals surface area contributed by atoms with Crippen molar-refractivity contribution in [3.63, 3.8) is 0 Å². The van der Waals surface area contributed by atoms with Gasteiger partial charge in [0.1, 0.15) is 11.5 Å². The lowest BCUT2D eigenvalue weighted by Crippen LogP contribution is -2.30. The topological polar surface area (TPSA) is 105 Å². The standard InChI is InChI=1S/C26H30N4O4/c1-3-25(32)28-19-10-13-21(24(31)14-19)22-15-23(18-6-4-5-7-18)30(29-22)26(33)27-16-17-8-11-20(34-2)12-9-17/h8-15,18,31H,3-7,16H2,1-2H3,(H,27,33)(H,28,32). The molecule has 8 heteroatoms. The number of methoxy groups -OCH3 is 1. The summed E-state index contributed by atoms with van der Waals surface area (Å²) in [6.45, 7) is 2.12. The van der Waals surface area contributed by atoms with Crippen LogP contribution in [-0.2, 0) is 11.3 Å². The number of carbonyl (C=O) groups excluding carboxylic acids is 2. The van der Waals surface area contributed by atoms with Crippen molar-refractivity contribution in [3.05, 3.63) is 59.8 Å². The van der Waals surface area contributed by atoms with Crippen LogP contribution < -0.4 is 15.4 Å². The van der Waals surface area contributed by atoms with Crippen LogP contribution in [0.25, 0.3) is 11.3 Å². The van der Waals surface area contributed by atoms with Crippen LogP contribution in [0.1, 0.15) is 56.2 Å². The minimum absolute atomic E-state index is 0.00448. The second-order valence-electron chi connectivity index (χ2n) is 8.49. The molecule has 0 saturated heterocycles. The number of ether oxygens (including phenoxy) is 1. The molecule has 1 aliphatic carbocycles. The van der Waals surface area contributed by atoms with Crippen LogP contribution in [0.2, 0.25) is 0 Å². The van der Waals surface area contributed by atoms with Gasteiger partial charge in [-0.25, -0.2) is 4.79 Å². The zero-order chi connectivity index (χ0) is 24.1. The van der Waals surface area contributed by atoms with Gasteiger partial charge in [-0.2, -0.15) is 9.78 Å². The van der Waals surface area contributed by atoms with Crippen LogP contribution >= 0.6 is 0 Å². The van der Waals surface area contributed by atoms with Crippen molar-refractivity contribution in [3.8, 4) is 22.8 Å². The average molecular weight is 463 g/mol. The summed E-state index contributed by atoms with van der Waals surface area (Å²) in [5.41, 5.74) is 3.34. The first kappa shape index (κ1) is 23.4. The number of hydrogen-bond acceptors (Lipinski definition) is 5. The number of phenols is 1. The maximum Gasteiger partial charge on any atom is 0.342 e. The Kier molecular flexibility index (Phi) is 7.15. The number of aromatic nitrogens is 2. The van der Waals surface area contributed by atoms with Crippen LogP contribution in [0, 0.1) is 0 Å². The molecule has 8 nitrogen and oxygen atoms in total. The zero-order valence-corrected chi connectivity index (χ0v) is 19.5. The van der Waals surface area contributed by atoms with Crippen molar-refractivity contribution in [2.24, 2.45) is 0 Å². The third kappa shape index (κ3) is 5.22. The van der Waals surface area contributed by atoms with Crippen molar-refractivity contribution in [1.29, 1.82) is 0 Å². The molecule has 0 unspecified atom stereocenters. The van der Waals surface area contributed by atoms with E-state index in [4.69, 9.17) is 4.74 Å². The summed E-state index contributed by atoms with van der Waals surface area (Å²) >= 11 is 0. The van der Waals surface area contributed by atoms with E-state index in [1.165, 1.54) is 10.7 Å². The molecular formula is C26H30N4O4. The third-order valence-corrected chi connectivity index (χ3v) is 6.18. The van der Waals surface area contributed by atoms with E-state index in [2.05, 4.69) is 15.7 Å². The Morgan fingerprint density at radius 3 is 2.50 bits per heavy atom. The summed E-state index contributed by atoms with van der Waals surface area (Å²) in [5, 5.41) is 20.9. The molecule has 0 atom stereocenters. The lowest BCUT2D eigenvalue weighted by atomic mass is 10.0. The van der Waals surface area contributed by atoms with E-state index in [1.54, 1.807) is 26.2 Å². The Labute approximate surface area is 198 Å². The maximum atomic E-state index is 13.1. The molecule has 2 aromatic carbocycles. The van der Waals surface area contributed by atoms with Crippen molar-refractivity contribution >= 4 is 17.6 Å². The Morgan fingerprint density at radius 1 is 1.12 bits per heavy atom. The van der Waals surface area contributed by atoms with Crippen LogP contribution in [0.3, 0.4) is 0 Å². The Morgan fingerprint density at radius 2 is 1.85 bits per heavy atom. The van der Waals surface area contributed by atoms with Crippen LogP contribution in [0.15, 0.2) is 48.5 Å². The lowest BCUT2D eigenvalue weighted by Gasteiger charge is -2.12. The minimum atomic E-state index is -0.310. The summed E-state index contributed by atoms with van der Waals surface area (Å²) in [6, 6.07) is 14.0. The molecule has 1 heterocycles. The van der Waals surface area contributed by atoms with Crippen molar-refractivity contribution in [2.75, 3.05) is 12.4 Å². The molecule has 1 saturated carbocycles. The first-order valence-corrected chi connectivity index (χ1v) is 11.6. The van der Waals surface area contributed by atoms with E-state index in [0.717, 1.165) is 42.7 Å². The molecular weight excluding hydrogens is 432 g/mol. The number of aromatic hydroxyl groups is 1. The summed E-state index contributed by atoms with van der Waals surface area (Å²) in [7, 11) is 1.61. The van der Waals surface area contributed by atoms with E-state index < -0.39 is 0 Å².